The van der Waals surface area contributed by atoms with Gasteiger partial charge < -0.3 is 21.7 Å². The van der Waals surface area contributed by atoms with Crippen LogP contribution in [0.25, 0.3) is 0 Å². The first-order chi connectivity index (χ1) is 13.8. The third-order valence-corrected chi connectivity index (χ3v) is 5.15. The van der Waals surface area contributed by atoms with Gasteiger partial charge in [-0.25, -0.2) is 0 Å². The number of nitrogens with zero attached hydrogens (tertiary/aromatic N) is 1. The highest BCUT2D eigenvalue weighted by Crippen LogP contribution is 2.29. The van der Waals surface area contributed by atoms with Crippen LogP contribution in [0.15, 0.2) is 72.8 Å². The normalized spacial score (nSPS) is 11.2. The topological polar surface area (TPSA) is 122 Å². The largest absolute Gasteiger partial charge is 0.399 e. The first kappa shape index (κ1) is 20.5. The van der Waals surface area contributed by atoms with Gasteiger partial charge in [-0.15, -0.1) is 0 Å². The lowest BCUT2D eigenvalue weighted by atomic mass is 10.2. The molecule has 0 bridgehead atoms. The minimum Gasteiger partial charge on any atom is -0.399 e. The molecule has 3 rings (SSSR count). The summed E-state index contributed by atoms with van der Waals surface area (Å²) in [6.45, 7) is 0.412. The molecule has 0 aromatic heterocycles. The number of nitrogen functional groups attached to an aromatic ring is 2. The van der Waals surface area contributed by atoms with Crippen LogP contribution in [0.3, 0.4) is 0 Å². The van der Waals surface area contributed by atoms with E-state index in [0.717, 1.165) is 22.7 Å². The third kappa shape index (κ3) is 6.13. The van der Waals surface area contributed by atoms with E-state index in [9.17, 15) is 8.42 Å². The van der Waals surface area contributed by atoms with Crippen LogP contribution in [0.1, 0.15) is 6.42 Å². The summed E-state index contributed by atoms with van der Waals surface area (Å²) >= 11 is 0. The van der Waals surface area contributed by atoms with Gasteiger partial charge in [0, 0.05) is 40.7 Å². The minimum atomic E-state index is -4.01. The van der Waals surface area contributed by atoms with Gasteiger partial charge >= 0.3 is 0 Å². The van der Waals surface area contributed by atoms with Crippen LogP contribution in [0.4, 0.5) is 34.1 Å². The van der Waals surface area contributed by atoms with Gasteiger partial charge in [0.25, 0.3) is 10.1 Å². The Labute approximate surface area is 170 Å². The molecule has 0 unspecified atom stereocenters. The molecule has 0 saturated carbocycles. The lowest BCUT2D eigenvalue weighted by molar-refractivity contribution is 0.481. The molecule has 3 aromatic rings. The first-order valence-electron chi connectivity index (χ1n) is 9.11. The number of nitrogens with two attached hydrogens (primary N) is 2. The molecule has 7 nitrogen and oxygen atoms in total. The van der Waals surface area contributed by atoms with Crippen LogP contribution >= 0.6 is 0 Å². The molecule has 0 fully saturated rings. The van der Waals surface area contributed by atoms with Crippen LogP contribution in [0, 0.1) is 0 Å². The quantitative estimate of drug-likeness (QED) is 0.326. The molecule has 8 heteroatoms. The van der Waals surface area contributed by atoms with Gasteiger partial charge in [0.2, 0.25) is 0 Å². The fourth-order valence-corrected chi connectivity index (χ4v) is 3.45. The van der Waals surface area contributed by atoms with Crippen molar-refractivity contribution in [2.75, 3.05) is 34.0 Å². The fourth-order valence-electron chi connectivity index (χ4n) is 2.95. The zero-order valence-corrected chi connectivity index (χ0v) is 16.6. The Balaban J connectivity index is 1.85. The maximum Gasteiger partial charge on any atom is 0.264 e. The SMILES string of the molecule is Nc1ccc(Nc2cccc(N(CCCS(=O)(=O)O)c3ccc(N)cc3)c2)cc1. The van der Waals surface area contributed by atoms with Crippen molar-refractivity contribution in [3.05, 3.63) is 72.8 Å². The molecule has 0 spiro atoms. The number of nitrogens with one attached hydrogen (secondary N) is 1. The summed E-state index contributed by atoms with van der Waals surface area (Å²) in [7, 11) is -4.01. The van der Waals surface area contributed by atoms with Gasteiger partial charge in [-0.2, -0.15) is 8.42 Å². The molecule has 6 N–H and O–H groups in total. The Morgan fingerprint density at radius 3 is 2.07 bits per heavy atom. The molecule has 0 aliphatic rings. The van der Waals surface area contributed by atoms with Crippen LogP contribution in [-0.4, -0.2) is 25.3 Å². The van der Waals surface area contributed by atoms with Crippen LogP contribution < -0.4 is 21.7 Å². The molecule has 0 saturated heterocycles. The van der Waals surface area contributed by atoms with Gasteiger partial charge in [0.1, 0.15) is 0 Å². The molecule has 3 aromatic carbocycles. The maximum atomic E-state index is 11.1. The molecule has 152 valence electrons. The van der Waals surface area contributed by atoms with Crippen LogP contribution in [0.5, 0.6) is 0 Å². The number of rotatable bonds is 8. The highest BCUT2D eigenvalue weighted by molar-refractivity contribution is 7.85. The van der Waals surface area contributed by atoms with Crippen LogP contribution in [0.2, 0.25) is 0 Å². The molecule has 0 aliphatic heterocycles. The van der Waals surface area contributed by atoms with Gasteiger partial charge in [-0.3, -0.25) is 4.55 Å². The molecule has 0 atom stereocenters. The second-order valence-corrected chi connectivity index (χ2v) is 8.25. The summed E-state index contributed by atoms with van der Waals surface area (Å²) in [4.78, 5) is 1.98. The van der Waals surface area contributed by atoms with E-state index < -0.39 is 10.1 Å². The van der Waals surface area contributed by atoms with E-state index >= 15 is 0 Å². The van der Waals surface area contributed by atoms with Crippen molar-refractivity contribution in [2.24, 2.45) is 0 Å². The maximum absolute atomic E-state index is 11.1. The molecule has 0 amide bonds. The lowest BCUT2D eigenvalue weighted by Crippen LogP contribution is -2.21. The van der Waals surface area contributed by atoms with E-state index in [4.69, 9.17) is 16.0 Å². The predicted molar refractivity (Wildman–Crippen MR) is 119 cm³/mol. The van der Waals surface area contributed by atoms with Gasteiger partial charge in [0.15, 0.2) is 0 Å². The predicted octanol–water partition coefficient (Wildman–Crippen LogP) is 4.01. The molecular weight excluding hydrogens is 388 g/mol. The van der Waals surface area contributed by atoms with Crippen LogP contribution in [-0.2, 0) is 10.1 Å². The zero-order chi connectivity index (χ0) is 20.9. The number of anilines is 6. The van der Waals surface area contributed by atoms with E-state index in [1.54, 1.807) is 12.1 Å². The molecule has 0 heterocycles. The van der Waals surface area contributed by atoms with Gasteiger partial charge in [0.05, 0.1) is 5.75 Å². The van der Waals surface area contributed by atoms with E-state index in [-0.39, 0.29) is 12.2 Å². The second-order valence-electron chi connectivity index (χ2n) is 6.68. The Hall–Kier alpha value is -3.23. The highest BCUT2D eigenvalue weighted by atomic mass is 32.2. The van der Waals surface area contributed by atoms with Crippen molar-refractivity contribution >= 4 is 44.2 Å². The third-order valence-electron chi connectivity index (χ3n) is 4.35. The van der Waals surface area contributed by atoms with Crippen molar-refractivity contribution < 1.29 is 13.0 Å². The van der Waals surface area contributed by atoms with Crippen molar-refractivity contribution in [1.82, 2.24) is 0 Å². The number of benzene rings is 3. The summed E-state index contributed by atoms with van der Waals surface area (Å²) in [5, 5.41) is 3.33. The van der Waals surface area contributed by atoms with E-state index in [2.05, 4.69) is 5.32 Å². The van der Waals surface area contributed by atoms with Crippen molar-refractivity contribution in [2.45, 2.75) is 6.42 Å². The average molecular weight is 413 g/mol. The molecular formula is C21H24N4O3S. The monoisotopic (exact) mass is 412 g/mol. The lowest BCUT2D eigenvalue weighted by Gasteiger charge is -2.26. The Bertz CT molecular complexity index is 1050. The standard InChI is InChI=1S/C21H24N4O3S/c22-16-5-9-18(10-6-16)24-19-3-1-4-21(15-19)25(13-2-14-29(26,27)28)20-11-7-17(23)8-12-20/h1,3-12,15,24H,2,13-14,22-23H2,(H,26,27,28). The van der Waals surface area contributed by atoms with Crippen molar-refractivity contribution in [3.8, 4) is 0 Å². The zero-order valence-electron chi connectivity index (χ0n) is 15.8. The number of hydrogen-bond donors (Lipinski definition) is 4. The number of hydrogen-bond acceptors (Lipinski definition) is 6. The summed E-state index contributed by atoms with van der Waals surface area (Å²) in [6.07, 6.45) is 0.277. The first-order valence-corrected chi connectivity index (χ1v) is 10.7. The van der Waals surface area contributed by atoms with Gasteiger partial charge in [-0.1, -0.05) is 6.07 Å². The Morgan fingerprint density at radius 1 is 0.828 bits per heavy atom. The van der Waals surface area contributed by atoms with Gasteiger partial charge in [-0.05, 0) is 73.2 Å². The van der Waals surface area contributed by atoms with Crippen molar-refractivity contribution in [3.63, 3.8) is 0 Å². The molecule has 29 heavy (non-hydrogen) atoms. The van der Waals surface area contributed by atoms with E-state index in [1.807, 2.05) is 65.6 Å². The highest BCUT2D eigenvalue weighted by Gasteiger charge is 2.12. The van der Waals surface area contributed by atoms with E-state index in [1.165, 1.54) is 0 Å². The van der Waals surface area contributed by atoms with E-state index in [0.29, 0.717) is 17.9 Å². The average Bonchev–Trinajstić information content (AvgIpc) is 2.67. The Morgan fingerprint density at radius 2 is 1.45 bits per heavy atom. The molecule has 0 radical (unpaired) electrons. The second kappa shape index (κ2) is 8.85. The summed E-state index contributed by atoms with van der Waals surface area (Å²) in [5.41, 5.74) is 16.4. The summed E-state index contributed by atoms with van der Waals surface area (Å²) in [5.74, 6) is -0.304. The minimum absolute atomic E-state index is 0.277. The fraction of sp³-hybridized carbons (Fsp3) is 0.143. The Kier molecular flexibility index (Phi) is 6.26. The summed E-state index contributed by atoms with van der Waals surface area (Å²) in [6, 6.07) is 22.6. The van der Waals surface area contributed by atoms with Crippen molar-refractivity contribution in [1.29, 1.82) is 0 Å². The molecule has 0 aliphatic carbocycles. The smallest absolute Gasteiger partial charge is 0.264 e. The summed E-state index contributed by atoms with van der Waals surface area (Å²) < 4.78 is 31.3.